The first-order valence-corrected chi connectivity index (χ1v) is 9.75. The van der Waals surface area contributed by atoms with Crippen molar-refractivity contribution in [2.45, 2.75) is 25.0 Å². The minimum Gasteiger partial charge on any atom is -0.491 e. The number of β-amino-alcohol motifs (C(OH)–C–C–N with tert-alkyl or cyclic N) is 1. The van der Waals surface area contributed by atoms with E-state index in [0.29, 0.717) is 19.2 Å². The van der Waals surface area contributed by atoms with Crippen molar-refractivity contribution < 1.29 is 9.84 Å². The maximum atomic E-state index is 10.4. The molecule has 3 nitrogen and oxygen atoms in total. The van der Waals surface area contributed by atoms with Gasteiger partial charge in [-0.05, 0) is 53.7 Å². The van der Waals surface area contributed by atoms with Crippen molar-refractivity contribution in [1.82, 2.24) is 4.90 Å². The highest BCUT2D eigenvalue weighted by Crippen LogP contribution is 2.34. The fourth-order valence-corrected chi connectivity index (χ4v) is 4.52. The lowest BCUT2D eigenvalue weighted by Gasteiger charge is -2.26. The van der Waals surface area contributed by atoms with Crippen LogP contribution in [0.1, 0.15) is 23.8 Å². The van der Waals surface area contributed by atoms with Crippen LogP contribution in [0.25, 0.3) is 10.8 Å². The Hall–Kier alpha value is -1.88. The lowest BCUT2D eigenvalue weighted by Crippen LogP contribution is -2.35. The van der Waals surface area contributed by atoms with Gasteiger partial charge >= 0.3 is 0 Å². The van der Waals surface area contributed by atoms with Crippen LogP contribution in [0.4, 0.5) is 0 Å². The summed E-state index contributed by atoms with van der Waals surface area (Å²) >= 11 is 1.81. The average molecular weight is 353 g/mol. The molecule has 1 saturated heterocycles. The molecule has 1 aromatic heterocycles. The summed E-state index contributed by atoms with van der Waals surface area (Å²) in [5.74, 6) is 0.814. The van der Waals surface area contributed by atoms with Crippen LogP contribution in [0.2, 0.25) is 0 Å². The molecule has 2 atom stereocenters. The van der Waals surface area contributed by atoms with E-state index in [1.807, 2.05) is 35.6 Å². The molecule has 1 aliphatic heterocycles. The normalized spacial score (nSPS) is 19.3. The van der Waals surface area contributed by atoms with Crippen molar-refractivity contribution in [2.24, 2.45) is 0 Å². The Morgan fingerprint density at radius 1 is 1.12 bits per heavy atom. The number of benzene rings is 2. The van der Waals surface area contributed by atoms with Crippen molar-refractivity contribution in [1.29, 1.82) is 0 Å². The molecule has 1 N–H and O–H groups in total. The summed E-state index contributed by atoms with van der Waals surface area (Å²) < 4.78 is 5.84. The summed E-state index contributed by atoms with van der Waals surface area (Å²) in [6, 6.07) is 19.1. The molecule has 2 aromatic carbocycles. The largest absolute Gasteiger partial charge is 0.491 e. The van der Waals surface area contributed by atoms with Crippen molar-refractivity contribution >= 4 is 22.1 Å². The highest BCUT2D eigenvalue weighted by atomic mass is 32.1. The van der Waals surface area contributed by atoms with Gasteiger partial charge < -0.3 is 9.84 Å². The van der Waals surface area contributed by atoms with Crippen LogP contribution in [0.3, 0.4) is 0 Å². The van der Waals surface area contributed by atoms with E-state index in [-0.39, 0.29) is 0 Å². The van der Waals surface area contributed by atoms with Gasteiger partial charge in [-0.15, -0.1) is 11.3 Å². The van der Waals surface area contributed by atoms with Gasteiger partial charge in [0.15, 0.2) is 0 Å². The van der Waals surface area contributed by atoms with Gasteiger partial charge in [0.25, 0.3) is 0 Å². The molecule has 0 radical (unpaired) electrons. The minimum atomic E-state index is -0.480. The van der Waals surface area contributed by atoms with Gasteiger partial charge in [-0.2, -0.15) is 0 Å². The fourth-order valence-electron chi connectivity index (χ4n) is 3.62. The maximum Gasteiger partial charge on any atom is 0.120 e. The zero-order valence-electron chi connectivity index (χ0n) is 14.2. The monoisotopic (exact) mass is 353 g/mol. The zero-order valence-corrected chi connectivity index (χ0v) is 15.0. The number of hydrogen-bond donors (Lipinski definition) is 1. The van der Waals surface area contributed by atoms with Crippen LogP contribution in [0, 0.1) is 0 Å². The number of aliphatic hydroxyl groups excluding tert-OH is 1. The summed E-state index contributed by atoms with van der Waals surface area (Å²) in [6.07, 6.45) is 1.89. The van der Waals surface area contributed by atoms with Crippen molar-refractivity contribution in [3.8, 4) is 5.75 Å². The molecule has 0 unspecified atom stereocenters. The lowest BCUT2D eigenvalue weighted by molar-refractivity contribution is 0.0643. The molecule has 0 spiro atoms. The number of likely N-dealkylation sites (tertiary alicyclic amines) is 1. The molecule has 4 rings (SSSR count). The molecule has 0 amide bonds. The van der Waals surface area contributed by atoms with Crippen LogP contribution < -0.4 is 4.74 Å². The number of ether oxygens (including phenoxy) is 1. The second-order valence-electron chi connectivity index (χ2n) is 6.64. The quantitative estimate of drug-likeness (QED) is 0.709. The van der Waals surface area contributed by atoms with Crippen LogP contribution in [-0.2, 0) is 0 Å². The second kappa shape index (κ2) is 7.56. The third-order valence-electron chi connectivity index (χ3n) is 4.84. The van der Waals surface area contributed by atoms with Gasteiger partial charge in [0.1, 0.15) is 18.5 Å². The van der Waals surface area contributed by atoms with Gasteiger partial charge in [0.2, 0.25) is 0 Å². The first-order chi connectivity index (χ1) is 12.3. The fraction of sp³-hybridized carbons (Fsp3) is 0.333. The summed E-state index contributed by atoms with van der Waals surface area (Å²) in [6.45, 7) is 2.04. The lowest BCUT2D eigenvalue weighted by atomic mass is 10.1. The molecular weight excluding hydrogens is 330 g/mol. The summed E-state index contributed by atoms with van der Waals surface area (Å²) in [4.78, 5) is 3.79. The van der Waals surface area contributed by atoms with Crippen LogP contribution >= 0.6 is 11.3 Å². The topological polar surface area (TPSA) is 32.7 Å². The van der Waals surface area contributed by atoms with E-state index < -0.39 is 6.10 Å². The summed E-state index contributed by atoms with van der Waals surface area (Å²) in [5.41, 5.74) is 0. The van der Waals surface area contributed by atoms with Crippen LogP contribution in [0.5, 0.6) is 5.75 Å². The SMILES string of the molecule is O[C@@H](COc1ccc2ccccc2c1)CN1CCC[C@H]1c1cccs1. The third kappa shape index (κ3) is 3.87. The van der Waals surface area contributed by atoms with Crippen molar-refractivity contribution in [3.05, 3.63) is 64.9 Å². The van der Waals surface area contributed by atoms with Gasteiger partial charge in [-0.1, -0.05) is 36.4 Å². The standard InChI is InChI=1S/C21H23NO2S/c23-18(14-22-11-3-7-20(22)21-8-4-12-25-21)15-24-19-10-9-16-5-1-2-6-17(16)13-19/h1-2,4-6,8-10,12-13,18,20,23H,3,7,11,14-15H2/t18-,20+/m1/s1. The number of aliphatic hydroxyl groups is 1. The molecule has 1 fully saturated rings. The van der Waals surface area contributed by atoms with Crippen molar-refractivity contribution in [2.75, 3.05) is 19.7 Å². The number of thiophene rings is 1. The number of fused-ring (bicyclic) bond motifs is 1. The maximum absolute atomic E-state index is 10.4. The smallest absolute Gasteiger partial charge is 0.120 e. The number of hydrogen-bond acceptors (Lipinski definition) is 4. The van der Waals surface area contributed by atoms with Crippen LogP contribution in [0.15, 0.2) is 60.0 Å². The van der Waals surface area contributed by atoms with E-state index in [1.165, 1.54) is 23.1 Å². The average Bonchev–Trinajstić information content (AvgIpc) is 3.31. The summed E-state index contributed by atoms with van der Waals surface area (Å²) in [7, 11) is 0. The van der Waals surface area contributed by atoms with Crippen LogP contribution in [-0.4, -0.2) is 35.8 Å². The predicted octanol–water partition coefficient (Wildman–Crippen LogP) is 4.48. The van der Waals surface area contributed by atoms with Gasteiger partial charge in [-0.25, -0.2) is 0 Å². The van der Waals surface area contributed by atoms with E-state index >= 15 is 0 Å². The predicted molar refractivity (Wildman–Crippen MR) is 103 cm³/mol. The van der Waals surface area contributed by atoms with Gasteiger partial charge in [-0.3, -0.25) is 4.90 Å². The molecular formula is C21H23NO2S. The third-order valence-corrected chi connectivity index (χ3v) is 5.82. The number of rotatable bonds is 6. The van der Waals surface area contributed by atoms with Crippen molar-refractivity contribution in [3.63, 3.8) is 0 Å². The highest BCUT2D eigenvalue weighted by Gasteiger charge is 2.28. The van der Waals surface area contributed by atoms with Gasteiger partial charge in [0.05, 0.1) is 0 Å². The Bertz CT molecular complexity index is 818. The number of nitrogens with zero attached hydrogens (tertiary/aromatic N) is 1. The first kappa shape index (κ1) is 16.6. The Kier molecular flexibility index (Phi) is 5.02. The highest BCUT2D eigenvalue weighted by molar-refractivity contribution is 7.10. The second-order valence-corrected chi connectivity index (χ2v) is 7.62. The van der Waals surface area contributed by atoms with E-state index in [0.717, 1.165) is 17.7 Å². The Morgan fingerprint density at radius 3 is 2.84 bits per heavy atom. The molecule has 1 aliphatic rings. The molecule has 130 valence electrons. The molecule has 0 bridgehead atoms. The van der Waals surface area contributed by atoms with E-state index in [9.17, 15) is 5.11 Å². The minimum absolute atomic E-state index is 0.325. The molecule has 25 heavy (non-hydrogen) atoms. The van der Waals surface area contributed by atoms with E-state index in [4.69, 9.17) is 4.74 Å². The molecule has 0 aliphatic carbocycles. The Morgan fingerprint density at radius 2 is 2.00 bits per heavy atom. The Balaban J connectivity index is 1.34. The first-order valence-electron chi connectivity index (χ1n) is 8.87. The molecule has 3 aromatic rings. The Labute approximate surface area is 152 Å². The molecule has 4 heteroatoms. The van der Waals surface area contributed by atoms with E-state index in [2.05, 4.69) is 40.6 Å². The zero-order chi connectivity index (χ0) is 17.1. The summed E-state index contributed by atoms with van der Waals surface area (Å²) in [5, 5.41) is 14.9. The van der Waals surface area contributed by atoms with Gasteiger partial charge in [0, 0.05) is 17.5 Å². The molecule has 2 heterocycles. The molecule has 0 saturated carbocycles. The van der Waals surface area contributed by atoms with E-state index in [1.54, 1.807) is 0 Å².